The maximum absolute atomic E-state index is 11.4. The SMILES string of the molecule is CC(=O)CC1CCCCC1O[Si](C)(C)C(C)(C)C. The Balaban J connectivity index is 2.70. The summed E-state index contributed by atoms with van der Waals surface area (Å²) in [7, 11) is -1.70. The highest BCUT2D eigenvalue weighted by Gasteiger charge is 2.41. The summed E-state index contributed by atoms with van der Waals surface area (Å²) in [4.78, 5) is 11.4. The average Bonchev–Trinajstić information content (AvgIpc) is 2.18. The zero-order valence-electron chi connectivity index (χ0n) is 13.0. The zero-order chi connectivity index (χ0) is 14.0. The van der Waals surface area contributed by atoms with Gasteiger partial charge in [-0.15, -0.1) is 0 Å². The normalized spacial score (nSPS) is 26.1. The van der Waals surface area contributed by atoms with E-state index in [1.54, 1.807) is 6.92 Å². The molecule has 0 aromatic carbocycles. The first-order chi connectivity index (χ1) is 8.13. The molecule has 0 amide bonds. The van der Waals surface area contributed by atoms with Crippen LogP contribution in [-0.2, 0) is 9.22 Å². The summed E-state index contributed by atoms with van der Waals surface area (Å²) < 4.78 is 6.54. The van der Waals surface area contributed by atoms with E-state index in [2.05, 4.69) is 33.9 Å². The molecule has 2 atom stereocenters. The molecule has 2 unspecified atom stereocenters. The first-order valence-electron chi connectivity index (χ1n) is 7.31. The van der Waals surface area contributed by atoms with Gasteiger partial charge in [-0.25, -0.2) is 0 Å². The highest BCUT2D eigenvalue weighted by atomic mass is 28.4. The Morgan fingerprint density at radius 2 is 1.78 bits per heavy atom. The van der Waals surface area contributed by atoms with Gasteiger partial charge in [0, 0.05) is 12.5 Å². The van der Waals surface area contributed by atoms with Crippen LogP contribution in [0.2, 0.25) is 18.1 Å². The van der Waals surface area contributed by atoms with Gasteiger partial charge in [0.25, 0.3) is 0 Å². The monoisotopic (exact) mass is 270 g/mol. The Labute approximate surface area is 114 Å². The number of hydrogen-bond acceptors (Lipinski definition) is 2. The smallest absolute Gasteiger partial charge is 0.192 e. The van der Waals surface area contributed by atoms with Crippen LogP contribution in [0.3, 0.4) is 0 Å². The molecule has 0 spiro atoms. The standard InChI is InChI=1S/C15H30O2Si/c1-12(16)11-13-9-7-8-10-14(13)17-18(5,6)15(2,3)4/h13-14H,7-11H2,1-6H3. The Morgan fingerprint density at radius 1 is 1.22 bits per heavy atom. The molecule has 0 heterocycles. The summed E-state index contributed by atoms with van der Waals surface area (Å²) in [5, 5.41) is 0.255. The second kappa shape index (κ2) is 5.87. The van der Waals surface area contributed by atoms with Crippen LogP contribution in [0.5, 0.6) is 0 Å². The maximum Gasteiger partial charge on any atom is 0.192 e. The van der Waals surface area contributed by atoms with E-state index in [0.29, 0.717) is 24.2 Å². The summed E-state index contributed by atoms with van der Waals surface area (Å²) in [5.41, 5.74) is 0. The Hall–Kier alpha value is -0.153. The number of ketones is 1. The van der Waals surface area contributed by atoms with Gasteiger partial charge in [-0.1, -0.05) is 33.6 Å². The lowest BCUT2D eigenvalue weighted by molar-refractivity contribution is -0.119. The van der Waals surface area contributed by atoms with Gasteiger partial charge < -0.3 is 9.22 Å². The number of Topliss-reactive ketones (excluding diaryl/α,β-unsaturated/α-hetero) is 1. The summed E-state index contributed by atoms with van der Waals surface area (Å²) in [5.74, 6) is 0.774. The van der Waals surface area contributed by atoms with Gasteiger partial charge in [-0.05, 0) is 43.8 Å². The van der Waals surface area contributed by atoms with Crippen LogP contribution in [-0.4, -0.2) is 20.2 Å². The van der Waals surface area contributed by atoms with Gasteiger partial charge in [0.05, 0.1) is 0 Å². The molecule has 3 heteroatoms. The van der Waals surface area contributed by atoms with Crippen molar-refractivity contribution in [3.8, 4) is 0 Å². The van der Waals surface area contributed by atoms with Crippen molar-refractivity contribution in [2.75, 3.05) is 0 Å². The Kier molecular flexibility index (Phi) is 5.19. The van der Waals surface area contributed by atoms with E-state index in [1.165, 1.54) is 19.3 Å². The molecule has 0 N–H and O–H groups in total. The molecule has 1 rings (SSSR count). The van der Waals surface area contributed by atoms with Crippen LogP contribution in [0.1, 0.15) is 59.8 Å². The van der Waals surface area contributed by atoms with Crippen molar-refractivity contribution in [3.05, 3.63) is 0 Å². The minimum Gasteiger partial charge on any atom is -0.414 e. The van der Waals surface area contributed by atoms with Gasteiger partial charge in [0.2, 0.25) is 0 Å². The van der Waals surface area contributed by atoms with Crippen LogP contribution in [0, 0.1) is 5.92 Å². The molecule has 1 aliphatic rings. The lowest BCUT2D eigenvalue weighted by Crippen LogP contribution is -2.46. The molecule has 18 heavy (non-hydrogen) atoms. The molecular formula is C15H30O2Si. The largest absolute Gasteiger partial charge is 0.414 e. The molecule has 0 saturated heterocycles. The second-order valence-corrected chi connectivity index (χ2v) is 12.1. The molecule has 2 nitrogen and oxygen atoms in total. The fourth-order valence-corrected chi connectivity index (χ4v) is 3.91. The third kappa shape index (κ3) is 4.20. The molecule has 1 saturated carbocycles. The van der Waals surface area contributed by atoms with Crippen LogP contribution in [0.15, 0.2) is 0 Å². The fraction of sp³-hybridized carbons (Fsp3) is 0.933. The summed E-state index contributed by atoms with van der Waals surface area (Å²) >= 11 is 0. The van der Waals surface area contributed by atoms with Crippen LogP contribution in [0.25, 0.3) is 0 Å². The number of hydrogen-bond donors (Lipinski definition) is 0. The number of carbonyl (C=O) groups is 1. The molecule has 1 fully saturated rings. The summed E-state index contributed by atoms with van der Waals surface area (Å²) in [6.07, 6.45) is 5.86. The van der Waals surface area contributed by atoms with Crippen LogP contribution < -0.4 is 0 Å². The van der Waals surface area contributed by atoms with Crippen LogP contribution in [0.4, 0.5) is 0 Å². The third-order valence-electron chi connectivity index (χ3n) is 4.64. The molecule has 0 radical (unpaired) electrons. The van der Waals surface area contributed by atoms with Crippen molar-refractivity contribution in [2.45, 2.75) is 84.0 Å². The van der Waals surface area contributed by atoms with E-state index in [-0.39, 0.29) is 5.04 Å². The minimum absolute atomic E-state index is 0.255. The summed E-state index contributed by atoms with van der Waals surface area (Å²) in [6, 6.07) is 0. The first-order valence-corrected chi connectivity index (χ1v) is 10.2. The van der Waals surface area contributed by atoms with E-state index in [1.807, 2.05) is 0 Å². The van der Waals surface area contributed by atoms with E-state index in [0.717, 1.165) is 6.42 Å². The van der Waals surface area contributed by atoms with E-state index in [4.69, 9.17) is 4.43 Å². The van der Waals surface area contributed by atoms with Crippen molar-refractivity contribution in [1.82, 2.24) is 0 Å². The van der Waals surface area contributed by atoms with Gasteiger partial charge in [-0.2, -0.15) is 0 Å². The molecule has 0 bridgehead atoms. The van der Waals surface area contributed by atoms with Crippen molar-refractivity contribution >= 4 is 14.1 Å². The third-order valence-corrected chi connectivity index (χ3v) is 9.15. The number of rotatable bonds is 4. The van der Waals surface area contributed by atoms with Gasteiger partial charge in [0.1, 0.15) is 5.78 Å². The number of carbonyl (C=O) groups excluding carboxylic acids is 1. The van der Waals surface area contributed by atoms with Gasteiger partial charge in [0.15, 0.2) is 8.32 Å². The van der Waals surface area contributed by atoms with Crippen molar-refractivity contribution < 1.29 is 9.22 Å². The second-order valence-electron chi connectivity index (χ2n) is 7.37. The topological polar surface area (TPSA) is 26.3 Å². The molecule has 0 aliphatic heterocycles. The molecule has 1 aliphatic carbocycles. The van der Waals surface area contributed by atoms with Gasteiger partial charge in [-0.3, -0.25) is 0 Å². The lowest BCUT2D eigenvalue weighted by Gasteiger charge is -2.43. The molecular weight excluding hydrogens is 240 g/mol. The highest BCUT2D eigenvalue weighted by molar-refractivity contribution is 6.74. The zero-order valence-corrected chi connectivity index (χ0v) is 14.0. The molecule has 0 aromatic rings. The fourth-order valence-electron chi connectivity index (χ4n) is 2.49. The highest BCUT2D eigenvalue weighted by Crippen LogP contribution is 2.40. The Bertz CT molecular complexity index is 291. The predicted octanol–water partition coefficient (Wildman–Crippen LogP) is 4.55. The molecule has 0 aromatic heterocycles. The minimum atomic E-state index is -1.70. The maximum atomic E-state index is 11.4. The van der Waals surface area contributed by atoms with Gasteiger partial charge >= 0.3 is 0 Å². The Morgan fingerprint density at radius 3 is 2.28 bits per heavy atom. The molecule has 106 valence electrons. The predicted molar refractivity (Wildman–Crippen MR) is 79.3 cm³/mol. The first kappa shape index (κ1) is 15.9. The van der Waals surface area contributed by atoms with E-state index in [9.17, 15) is 4.79 Å². The summed E-state index contributed by atoms with van der Waals surface area (Å²) in [6.45, 7) is 13.2. The average molecular weight is 270 g/mol. The quantitative estimate of drug-likeness (QED) is 0.701. The van der Waals surface area contributed by atoms with Crippen LogP contribution >= 0.6 is 0 Å². The van der Waals surface area contributed by atoms with Crippen molar-refractivity contribution in [2.24, 2.45) is 5.92 Å². The van der Waals surface area contributed by atoms with Crippen molar-refractivity contribution in [1.29, 1.82) is 0 Å². The lowest BCUT2D eigenvalue weighted by atomic mass is 9.83. The van der Waals surface area contributed by atoms with E-state index >= 15 is 0 Å². The van der Waals surface area contributed by atoms with Crippen molar-refractivity contribution in [3.63, 3.8) is 0 Å². The van der Waals surface area contributed by atoms with E-state index < -0.39 is 8.32 Å².